The lowest BCUT2D eigenvalue weighted by atomic mass is 10.00. The summed E-state index contributed by atoms with van der Waals surface area (Å²) in [4.78, 5) is 26.6. The van der Waals surface area contributed by atoms with Gasteiger partial charge in [-0.25, -0.2) is 0 Å². The first kappa shape index (κ1) is 19.2. The molecular formula is C19H24ClN3O2. The van der Waals surface area contributed by atoms with Gasteiger partial charge in [0.15, 0.2) is 0 Å². The SMILES string of the molecule is CCc1ccc(C2CNCCN2C(=O)c2ccn(C)c(=O)c2)cc1.Cl. The van der Waals surface area contributed by atoms with Gasteiger partial charge in [0, 0.05) is 44.5 Å². The molecule has 1 aliphatic heterocycles. The highest BCUT2D eigenvalue weighted by atomic mass is 35.5. The maximum absolute atomic E-state index is 12.9. The van der Waals surface area contributed by atoms with E-state index in [4.69, 9.17) is 0 Å². The average molecular weight is 362 g/mol. The number of carbonyl (C=O) groups is 1. The third kappa shape index (κ3) is 4.11. The molecule has 25 heavy (non-hydrogen) atoms. The van der Waals surface area contributed by atoms with E-state index in [1.54, 1.807) is 19.3 Å². The summed E-state index contributed by atoms with van der Waals surface area (Å²) >= 11 is 0. The number of aryl methyl sites for hydroxylation is 2. The monoisotopic (exact) mass is 361 g/mol. The second kappa shape index (κ2) is 8.32. The Morgan fingerprint density at radius 3 is 2.60 bits per heavy atom. The summed E-state index contributed by atoms with van der Waals surface area (Å²) in [7, 11) is 1.68. The van der Waals surface area contributed by atoms with Crippen molar-refractivity contribution < 1.29 is 4.79 Å². The van der Waals surface area contributed by atoms with Crippen molar-refractivity contribution in [1.29, 1.82) is 0 Å². The van der Waals surface area contributed by atoms with Gasteiger partial charge >= 0.3 is 0 Å². The Hall–Kier alpha value is -2.11. The molecule has 1 saturated heterocycles. The zero-order valence-corrected chi connectivity index (χ0v) is 15.4. The van der Waals surface area contributed by atoms with Crippen LogP contribution in [0.3, 0.4) is 0 Å². The summed E-state index contributed by atoms with van der Waals surface area (Å²) in [5, 5.41) is 3.36. The van der Waals surface area contributed by atoms with Gasteiger partial charge < -0.3 is 14.8 Å². The largest absolute Gasteiger partial charge is 0.329 e. The summed E-state index contributed by atoms with van der Waals surface area (Å²) < 4.78 is 1.47. The Morgan fingerprint density at radius 1 is 1.24 bits per heavy atom. The fourth-order valence-electron chi connectivity index (χ4n) is 3.07. The molecule has 1 N–H and O–H groups in total. The first-order valence-corrected chi connectivity index (χ1v) is 8.37. The summed E-state index contributed by atoms with van der Waals surface area (Å²) in [6.07, 6.45) is 2.64. The predicted octanol–water partition coefficient (Wildman–Crippen LogP) is 2.16. The topological polar surface area (TPSA) is 54.3 Å². The van der Waals surface area contributed by atoms with Crippen LogP contribution in [-0.4, -0.2) is 35.0 Å². The molecule has 1 aromatic heterocycles. The van der Waals surface area contributed by atoms with Crippen molar-refractivity contribution >= 4 is 18.3 Å². The molecule has 2 heterocycles. The summed E-state index contributed by atoms with van der Waals surface area (Å²) in [5.41, 5.74) is 2.69. The Kier molecular flexibility index (Phi) is 6.39. The standard InChI is InChI=1S/C19H23N3O2.ClH/c1-3-14-4-6-15(7-5-14)17-13-20-9-11-22(17)19(24)16-8-10-21(2)18(23)12-16;/h4-8,10,12,17,20H,3,9,11,13H2,1-2H3;1H. The third-order valence-electron chi connectivity index (χ3n) is 4.63. The van der Waals surface area contributed by atoms with Gasteiger partial charge in [0.05, 0.1) is 6.04 Å². The highest BCUT2D eigenvalue weighted by Crippen LogP contribution is 2.24. The van der Waals surface area contributed by atoms with Crippen LogP contribution in [-0.2, 0) is 13.5 Å². The molecule has 1 unspecified atom stereocenters. The van der Waals surface area contributed by atoms with E-state index in [0.717, 1.165) is 25.1 Å². The molecule has 1 atom stereocenters. The van der Waals surface area contributed by atoms with Gasteiger partial charge in [0.2, 0.25) is 0 Å². The number of rotatable bonds is 3. The molecule has 1 aliphatic rings. The minimum Gasteiger partial charge on any atom is -0.329 e. The van der Waals surface area contributed by atoms with Crippen LogP contribution in [0.25, 0.3) is 0 Å². The maximum atomic E-state index is 12.9. The number of nitrogens with zero attached hydrogens (tertiary/aromatic N) is 2. The maximum Gasteiger partial charge on any atom is 0.254 e. The molecule has 0 bridgehead atoms. The molecule has 1 aromatic carbocycles. The molecule has 2 aromatic rings. The molecule has 6 heteroatoms. The lowest BCUT2D eigenvalue weighted by Gasteiger charge is -2.36. The number of aromatic nitrogens is 1. The molecule has 1 amide bonds. The molecule has 3 rings (SSSR count). The number of piperazine rings is 1. The van der Waals surface area contributed by atoms with E-state index < -0.39 is 0 Å². The second-order valence-electron chi connectivity index (χ2n) is 6.18. The lowest BCUT2D eigenvalue weighted by Crippen LogP contribution is -2.48. The molecule has 0 radical (unpaired) electrons. The summed E-state index contributed by atoms with van der Waals surface area (Å²) in [6, 6.07) is 11.5. The van der Waals surface area contributed by atoms with Crippen LogP contribution in [0.4, 0.5) is 0 Å². The predicted molar refractivity (Wildman–Crippen MR) is 101 cm³/mol. The van der Waals surface area contributed by atoms with Crippen LogP contribution in [0.5, 0.6) is 0 Å². The van der Waals surface area contributed by atoms with Gasteiger partial charge in [-0.2, -0.15) is 0 Å². The van der Waals surface area contributed by atoms with Gasteiger partial charge in [-0.1, -0.05) is 31.2 Å². The number of halogens is 1. The highest BCUT2D eigenvalue weighted by Gasteiger charge is 2.28. The Bertz CT molecular complexity index is 786. The van der Waals surface area contributed by atoms with E-state index >= 15 is 0 Å². The lowest BCUT2D eigenvalue weighted by molar-refractivity contribution is 0.0634. The van der Waals surface area contributed by atoms with E-state index in [1.807, 2.05) is 4.90 Å². The zero-order chi connectivity index (χ0) is 17.1. The first-order valence-electron chi connectivity index (χ1n) is 8.37. The van der Waals surface area contributed by atoms with Gasteiger partial charge in [-0.3, -0.25) is 9.59 Å². The number of nitrogens with one attached hydrogen (secondary N) is 1. The van der Waals surface area contributed by atoms with Crippen LogP contribution in [0.15, 0.2) is 47.4 Å². The van der Waals surface area contributed by atoms with Crippen molar-refractivity contribution in [3.63, 3.8) is 0 Å². The minimum absolute atomic E-state index is 0. The van der Waals surface area contributed by atoms with Crippen LogP contribution in [0.1, 0.15) is 34.5 Å². The molecule has 5 nitrogen and oxygen atoms in total. The highest BCUT2D eigenvalue weighted by molar-refractivity contribution is 5.94. The number of amides is 1. The molecule has 1 fully saturated rings. The third-order valence-corrected chi connectivity index (χ3v) is 4.63. The smallest absolute Gasteiger partial charge is 0.254 e. The fraction of sp³-hybridized carbons (Fsp3) is 0.368. The van der Waals surface area contributed by atoms with Gasteiger partial charge in [0.1, 0.15) is 0 Å². The summed E-state index contributed by atoms with van der Waals surface area (Å²) in [6.45, 7) is 4.25. The molecular weight excluding hydrogens is 338 g/mol. The molecule has 0 aliphatic carbocycles. The number of carbonyl (C=O) groups excluding carboxylic acids is 1. The van der Waals surface area contributed by atoms with Gasteiger partial charge in [0.25, 0.3) is 11.5 Å². The van der Waals surface area contributed by atoms with E-state index in [9.17, 15) is 9.59 Å². The van der Waals surface area contributed by atoms with Crippen molar-refractivity contribution in [3.8, 4) is 0 Å². The first-order chi connectivity index (χ1) is 11.6. The van der Waals surface area contributed by atoms with Gasteiger partial charge in [-0.05, 0) is 23.6 Å². The van der Waals surface area contributed by atoms with E-state index in [2.05, 4.69) is 36.5 Å². The van der Waals surface area contributed by atoms with Crippen molar-refractivity contribution in [1.82, 2.24) is 14.8 Å². The number of pyridine rings is 1. The minimum atomic E-state index is -0.167. The van der Waals surface area contributed by atoms with Crippen molar-refractivity contribution in [3.05, 3.63) is 69.6 Å². The molecule has 0 saturated carbocycles. The average Bonchev–Trinajstić information content (AvgIpc) is 2.63. The van der Waals surface area contributed by atoms with Crippen LogP contribution < -0.4 is 10.9 Å². The zero-order valence-electron chi connectivity index (χ0n) is 14.6. The quantitative estimate of drug-likeness (QED) is 0.911. The van der Waals surface area contributed by atoms with E-state index in [1.165, 1.54) is 16.2 Å². The number of hydrogen-bond donors (Lipinski definition) is 1. The van der Waals surface area contributed by atoms with Crippen LogP contribution in [0.2, 0.25) is 0 Å². The number of hydrogen-bond acceptors (Lipinski definition) is 3. The van der Waals surface area contributed by atoms with Crippen LogP contribution in [0, 0.1) is 0 Å². The number of benzene rings is 1. The normalized spacial score (nSPS) is 17.0. The van der Waals surface area contributed by atoms with Crippen LogP contribution >= 0.6 is 12.4 Å². The van der Waals surface area contributed by atoms with Gasteiger partial charge in [-0.15, -0.1) is 12.4 Å². The Morgan fingerprint density at radius 2 is 1.96 bits per heavy atom. The van der Waals surface area contributed by atoms with Crippen molar-refractivity contribution in [2.45, 2.75) is 19.4 Å². The summed E-state index contributed by atoms with van der Waals surface area (Å²) in [5.74, 6) is -0.0845. The fourth-order valence-corrected chi connectivity index (χ4v) is 3.07. The Balaban J connectivity index is 0.00000225. The Labute approximate surface area is 154 Å². The van der Waals surface area contributed by atoms with E-state index in [0.29, 0.717) is 12.1 Å². The molecule has 0 spiro atoms. The van der Waals surface area contributed by atoms with E-state index in [-0.39, 0.29) is 29.9 Å². The van der Waals surface area contributed by atoms with Crippen molar-refractivity contribution in [2.75, 3.05) is 19.6 Å². The molecule has 134 valence electrons. The second-order valence-corrected chi connectivity index (χ2v) is 6.18. The van der Waals surface area contributed by atoms with Crippen molar-refractivity contribution in [2.24, 2.45) is 7.05 Å².